The van der Waals surface area contributed by atoms with E-state index in [2.05, 4.69) is 46.3 Å². The van der Waals surface area contributed by atoms with Crippen LogP contribution in [0.4, 0.5) is 5.82 Å². The normalized spacial score (nSPS) is 21.3. The number of nitrogens with zero attached hydrogens (tertiary/aromatic N) is 3. The van der Waals surface area contributed by atoms with Gasteiger partial charge < -0.3 is 14.5 Å². The maximum atomic E-state index is 13.9. The molecule has 0 spiro atoms. The Balaban J connectivity index is 1.53. The molecule has 30 heavy (non-hydrogen) atoms. The van der Waals surface area contributed by atoms with Gasteiger partial charge in [0.05, 0.1) is 5.41 Å². The van der Waals surface area contributed by atoms with Gasteiger partial charge in [-0.05, 0) is 55.4 Å². The Morgan fingerprint density at radius 1 is 1.20 bits per heavy atom. The Morgan fingerprint density at radius 2 is 1.97 bits per heavy atom. The third kappa shape index (κ3) is 4.51. The molecule has 2 saturated heterocycles. The molecule has 0 saturated carbocycles. The predicted octanol–water partition coefficient (Wildman–Crippen LogP) is 3.89. The summed E-state index contributed by atoms with van der Waals surface area (Å²) in [6.45, 7) is 3.00. The van der Waals surface area contributed by atoms with Gasteiger partial charge in [-0.25, -0.2) is 4.98 Å². The predicted molar refractivity (Wildman–Crippen MR) is 120 cm³/mol. The molecule has 3 heterocycles. The van der Waals surface area contributed by atoms with E-state index in [0.29, 0.717) is 25.0 Å². The third-order valence-electron chi connectivity index (χ3n) is 6.70. The van der Waals surface area contributed by atoms with Crippen molar-refractivity contribution in [1.29, 1.82) is 0 Å². The Bertz CT molecular complexity index is 846. The number of hydrogen-bond acceptors (Lipinski definition) is 4. The summed E-state index contributed by atoms with van der Waals surface area (Å²) in [7, 11) is 4.03. The number of benzene rings is 1. The van der Waals surface area contributed by atoms with Gasteiger partial charge in [0.1, 0.15) is 5.82 Å². The lowest BCUT2D eigenvalue weighted by molar-refractivity contribution is -0.149. The molecule has 1 atom stereocenters. The van der Waals surface area contributed by atoms with Crippen LogP contribution in [0.3, 0.4) is 0 Å². The lowest BCUT2D eigenvalue weighted by Crippen LogP contribution is -2.50. The molecule has 1 amide bonds. The lowest BCUT2D eigenvalue weighted by Gasteiger charge is -2.42. The molecular weight excluding hydrogens is 374 g/mol. The highest BCUT2D eigenvalue weighted by atomic mass is 16.5. The minimum Gasteiger partial charge on any atom is -0.381 e. The quantitative estimate of drug-likeness (QED) is 0.754. The Labute approximate surface area is 180 Å². The van der Waals surface area contributed by atoms with Crippen LogP contribution in [0.1, 0.15) is 42.7 Å². The minimum absolute atomic E-state index is 0.321. The summed E-state index contributed by atoms with van der Waals surface area (Å²) in [5.74, 6) is 1.67. The zero-order valence-electron chi connectivity index (χ0n) is 18.2. The first kappa shape index (κ1) is 20.9. The summed E-state index contributed by atoms with van der Waals surface area (Å²) in [5, 5.41) is 0. The van der Waals surface area contributed by atoms with Gasteiger partial charge in [-0.1, -0.05) is 30.3 Å². The van der Waals surface area contributed by atoms with Crippen LogP contribution in [0.15, 0.2) is 48.7 Å². The Hall–Kier alpha value is -2.40. The largest absolute Gasteiger partial charge is 0.381 e. The van der Waals surface area contributed by atoms with Crippen molar-refractivity contribution in [3.8, 4) is 0 Å². The molecule has 2 fully saturated rings. The highest BCUT2D eigenvalue weighted by molar-refractivity contribution is 5.83. The van der Waals surface area contributed by atoms with Crippen molar-refractivity contribution >= 4 is 11.7 Å². The topological polar surface area (TPSA) is 45.7 Å². The van der Waals surface area contributed by atoms with Crippen molar-refractivity contribution in [3.05, 3.63) is 59.8 Å². The number of hydrogen-bond donors (Lipinski definition) is 0. The summed E-state index contributed by atoms with van der Waals surface area (Å²) in [6, 6.07) is 14.7. The number of carbonyl (C=O) groups excluding carboxylic acids is 1. The second-order valence-electron chi connectivity index (χ2n) is 8.99. The third-order valence-corrected chi connectivity index (χ3v) is 6.70. The summed E-state index contributed by atoms with van der Waals surface area (Å²) < 4.78 is 5.64. The van der Waals surface area contributed by atoms with Gasteiger partial charge in [-0.3, -0.25) is 4.79 Å². The highest BCUT2D eigenvalue weighted by Gasteiger charge is 2.43. The fraction of sp³-hybridized carbons (Fsp3) is 0.520. The minimum atomic E-state index is -0.339. The molecule has 2 aromatic rings. The van der Waals surface area contributed by atoms with Crippen LogP contribution in [0.5, 0.6) is 0 Å². The van der Waals surface area contributed by atoms with E-state index >= 15 is 0 Å². The van der Waals surface area contributed by atoms with Crippen molar-refractivity contribution in [2.75, 3.05) is 45.3 Å². The molecule has 0 aliphatic carbocycles. The molecule has 4 rings (SSSR count). The summed E-state index contributed by atoms with van der Waals surface area (Å²) in [4.78, 5) is 22.5. The van der Waals surface area contributed by atoms with Crippen LogP contribution in [0, 0.1) is 5.41 Å². The standard InChI is InChI=1S/C25H33N3O2/c1-27(2)23-17-21(10-13-26-23)22-9-6-14-28(19-22)24(29)25(11-15-30-16-12-25)18-20-7-4-3-5-8-20/h3-5,7-8,10,13,17,22H,6,9,11-12,14-16,18-19H2,1-2H3/t22-/m1/s1. The van der Waals surface area contributed by atoms with Gasteiger partial charge in [-0.15, -0.1) is 0 Å². The number of ether oxygens (including phenoxy) is 1. The molecular formula is C25H33N3O2. The summed E-state index contributed by atoms with van der Waals surface area (Å²) in [6.07, 6.45) is 6.48. The van der Waals surface area contributed by atoms with E-state index in [1.54, 1.807) is 0 Å². The second-order valence-corrected chi connectivity index (χ2v) is 8.99. The second kappa shape index (κ2) is 9.17. The average molecular weight is 408 g/mol. The monoisotopic (exact) mass is 407 g/mol. The fourth-order valence-electron chi connectivity index (χ4n) is 4.92. The molecule has 5 nitrogen and oxygen atoms in total. The molecule has 160 valence electrons. The Morgan fingerprint density at radius 3 is 2.70 bits per heavy atom. The van der Waals surface area contributed by atoms with Gasteiger partial charge in [0, 0.05) is 52.5 Å². The van der Waals surface area contributed by atoms with Gasteiger partial charge in [0.15, 0.2) is 0 Å². The van der Waals surface area contributed by atoms with E-state index in [0.717, 1.165) is 51.0 Å². The van der Waals surface area contributed by atoms with Gasteiger partial charge in [0.25, 0.3) is 0 Å². The van der Waals surface area contributed by atoms with Crippen LogP contribution >= 0.6 is 0 Å². The molecule has 1 aromatic carbocycles. The van der Waals surface area contributed by atoms with Crippen molar-refractivity contribution in [2.24, 2.45) is 5.41 Å². The molecule has 5 heteroatoms. The first-order valence-corrected chi connectivity index (χ1v) is 11.1. The van der Waals surface area contributed by atoms with Crippen molar-refractivity contribution < 1.29 is 9.53 Å². The molecule has 0 unspecified atom stereocenters. The fourth-order valence-corrected chi connectivity index (χ4v) is 4.92. The number of rotatable bonds is 5. The van der Waals surface area contributed by atoms with Crippen LogP contribution in [-0.2, 0) is 16.0 Å². The maximum absolute atomic E-state index is 13.9. The van der Waals surface area contributed by atoms with E-state index in [4.69, 9.17) is 4.74 Å². The number of amides is 1. The van der Waals surface area contributed by atoms with E-state index in [1.165, 1.54) is 11.1 Å². The number of piperidine rings is 1. The number of anilines is 1. The molecule has 2 aliphatic rings. The number of pyridine rings is 1. The van der Waals surface area contributed by atoms with Crippen molar-refractivity contribution in [2.45, 2.75) is 38.0 Å². The maximum Gasteiger partial charge on any atom is 0.229 e. The first-order valence-electron chi connectivity index (χ1n) is 11.1. The summed E-state index contributed by atoms with van der Waals surface area (Å²) >= 11 is 0. The van der Waals surface area contributed by atoms with Gasteiger partial charge in [0.2, 0.25) is 5.91 Å². The van der Waals surface area contributed by atoms with E-state index < -0.39 is 0 Å². The number of likely N-dealkylation sites (tertiary alicyclic amines) is 1. The first-order chi connectivity index (χ1) is 14.6. The van der Waals surface area contributed by atoms with Crippen molar-refractivity contribution in [1.82, 2.24) is 9.88 Å². The SMILES string of the molecule is CN(C)c1cc([C@@H]2CCCN(C(=O)C3(Cc4ccccc4)CCOCC3)C2)ccn1. The number of carbonyl (C=O) groups is 1. The lowest BCUT2D eigenvalue weighted by atomic mass is 9.73. The molecule has 1 aromatic heterocycles. The van der Waals surface area contributed by atoms with E-state index in [9.17, 15) is 4.79 Å². The molecule has 0 radical (unpaired) electrons. The smallest absolute Gasteiger partial charge is 0.229 e. The molecule has 2 aliphatic heterocycles. The van der Waals surface area contributed by atoms with Crippen LogP contribution < -0.4 is 4.90 Å². The van der Waals surface area contributed by atoms with Gasteiger partial charge >= 0.3 is 0 Å². The molecule has 0 N–H and O–H groups in total. The van der Waals surface area contributed by atoms with Crippen LogP contribution in [-0.4, -0.2) is 56.2 Å². The summed E-state index contributed by atoms with van der Waals surface area (Å²) in [5.41, 5.74) is 2.19. The zero-order valence-corrected chi connectivity index (χ0v) is 18.2. The molecule has 0 bridgehead atoms. The van der Waals surface area contributed by atoms with E-state index in [-0.39, 0.29) is 5.41 Å². The number of aromatic nitrogens is 1. The van der Waals surface area contributed by atoms with Gasteiger partial charge in [-0.2, -0.15) is 0 Å². The van der Waals surface area contributed by atoms with Crippen molar-refractivity contribution in [3.63, 3.8) is 0 Å². The van der Waals surface area contributed by atoms with E-state index in [1.807, 2.05) is 31.3 Å². The zero-order chi connectivity index (χ0) is 21.0. The van der Waals surface area contributed by atoms with Crippen LogP contribution in [0.2, 0.25) is 0 Å². The highest BCUT2D eigenvalue weighted by Crippen LogP contribution is 2.38. The average Bonchev–Trinajstić information content (AvgIpc) is 2.80. The van der Waals surface area contributed by atoms with Crippen LogP contribution in [0.25, 0.3) is 0 Å². The Kier molecular flexibility index (Phi) is 6.38.